The highest BCUT2D eigenvalue weighted by atomic mass is 35.5. The summed E-state index contributed by atoms with van der Waals surface area (Å²) in [5.41, 5.74) is 2.20. The summed E-state index contributed by atoms with van der Waals surface area (Å²) in [6.45, 7) is 1.77. The molecule has 0 aliphatic carbocycles. The molecule has 7 heteroatoms. The Morgan fingerprint density at radius 3 is 2.50 bits per heavy atom. The smallest absolute Gasteiger partial charge is 0.267 e. The molecule has 0 saturated carbocycles. The number of rotatable bonds is 3. The Hall–Kier alpha value is -2.47. The van der Waals surface area contributed by atoms with Gasteiger partial charge in [-0.25, -0.2) is 0 Å². The molecule has 0 bridgehead atoms. The van der Waals surface area contributed by atoms with Crippen LogP contribution in [0.25, 0.3) is 11.0 Å². The van der Waals surface area contributed by atoms with Crippen molar-refractivity contribution in [3.05, 3.63) is 106 Å². The molecule has 0 N–H and O–H groups in total. The number of benzene rings is 2. The fourth-order valence-corrected chi connectivity index (χ4v) is 4.37. The van der Waals surface area contributed by atoms with Crippen LogP contribution in [0.5, 0.6) is 0 Å². The van der Waals surface area contributed by atoms with E-state index in [1.165, 1.54) is 15.7 Å². The number of hydrogen-bond acceptors (Lipinski definition) is 4. The third kappa shape index (κ3) is 3.49. The minimum atomic E-state index is -0.336. The molecule has 2 aromatic carbocycles. The Morgan fingerprint density at radius 2 is 1.79 bits per heavy atom. The molecule has 0 fully saturated rings. The van der Waals surface area contributed by atoms with E-state index in [0.717, 1.165) is 11.1 Å². The molecule has 0 aliphatic heterocycles. The van der Waals surface area contributed by atoms with Crippen molar-refractivity contribution >= 4 is 45.6 Å². The van der Waals surface area contributed by atoms with Gasteiger partial charge in [-0.2, -0.15) is 4.98 Å². The zero-order valence-corrected chi connectivity index (χ0v) is 17.1. The van der Waals surface area contributed by atoms with Crippen molar-refractivity contribution in [2.24, 2.45) is 0 Å². The van der Waals surface area contributed by atoms with Gasteiger partial charge < -0.3 is 0 Å². The molecule has 0 amide bonds. The molecule has 0 saturated heterocycles. The highest BCUT2D eigenvalue weighted by molar-refractivity contribution is 7.15. The Bertz CT molecular complexity index is 1360. The molecule has 2 aromatic heterocycles. The predicted octanol–water partition coefficient (Wildman–Crippen LogP) is 3.87. The second kappa shape index (κ2) is 7.51. The maximum Gasteiger partial charge on any atom is 0.277 e. The highest BCUT2D eigenvalue weighted by Crippen LogP contribution is 2.19. The van der Waals surface area contributed by atoms with Gasteiger partial charge >= 0.3 is 0 Å². The van der Waals surface area contributed by atoms with Crippen LogP contribution >= 0.6 is 34.5 Å². The van der Waals surface area contributed by atoms with E-state index >= 15 is 0 Å². The van der Waals surface area contributed by atoms with E-state index in [1.807, 2.05) is 30.3 Å². The van der Waals surface area contributed by atoms with Crippen molar-refractivity contribution in [3.63, 3.8) is 0 Å². The summed E-state index contributed by atoms with van der Waals surface area (Å²) < 4.78 is 2.01. The van der Waals surface area contributed by atoms with E-state index in [9.17, 15) is 9.59 Å². The molecule has 140 valence electrons. The topological polar surface area (TPSA) is 51.4 Å². The largest absolute Gasteiger partial charge is 0.277 e. The van der Waals surface area contributed by atoms with Crippen LogP contribution in [0.3, 0.4) is 0 Å². The summed E-state index contributed by atoms with van der Waals surface area (Å²) in [5, 5.41) is 1.21. The lowest BCUT2D eigenvalue weighted by molar-refractivity contribution is 0.940. The lowest BCUT2D eigenvalue weighted by Gasteiger charge is -2.07. The van der Waals surface area contributed by atoms with Crippen molar-refractivity contribution in [2.45, 2.75) is 13.3 Å². The number of aryl methyl sites for hydroxylation is 1. The standard InChI is InChI=1S/C21H14Cl2N2O2S/c1-12-16(11-14-4-2-3-5-17(14)23)19(26)24-21-25(12)20(27)18(28-21)10-13-6-8-15(22)9-7-13/h2-10H,11H2,1H3/b18-10+. The molecule has 0 radical (unpaired) electrons. The number of thiazole rings is 1. The zero-order valence-electron chi connectivity index (χ0n) is 14.8. The van der Waals surface area contributed by atoms with Crippen LogP contribution in [0, 0.1) is 6.92 Å². The number of aromatic nitrogens is 2. The normalized spacial score (nSPS) is 12.0. The quantitative estimate of drug-likeness (QED) is 0.497. The Balaban J connectivity index is 1.88. The number of nitrogens with zero attached hydrogens (tertiary/aromatic N) is 2. The van der Waals surface area contributed by atoms with Crippen LogP contribution in [-0.2, 0) is 6.42 Å². The van der Waals surface area contributed by atoms with Gasteiger partial charge in [0.05, 0.1) is 4.53 Å². The zero-order chi connectivity index (χ0) is 19.8. The SMILES string of the molecule is Cc1c(Cc2ccccc2Cl)c(=O)nc2s/c(=C/c3ccc(Cl)cc3)c(=O)n12. The van der Waals surface area contributed by atoms with Crippen molar-refractivity contribution in [1.82, 2.24) is 9.38 Å². The van der Waals surface area contributed by atoms with Gasteiger partial charge in [0.15, 0.2) is 0 Å². The van der Waals surface area contributed by atoms with E-state index in [4.69, 9.17) is 23.2 Å². The average molecular weight is 429 g/mol. The van der Waals surface area contributed by atoms with E-state index in [-0.39, 0.29) is 11.1 Å². The van der Waals surface area contributed by atoms with Crippen molar-refractivity contribution in [1.29, 1.82) is 0 Å². The minimum absolute atomic E-state index is 0.194. The third-order valence-electron chi connectivity index (χ3n) is 4.53. The van der Waals surface area contributed by atoms with E-state index in [0.29, 0.717) is 37.2 Å². The van der Waals surface area contributed by atoms with E-state index in [1.54, 1.807) is 31.2 Å². The van der Waals surface area contributed by atoms with Gasteiger partial charge in [0.25, 0.3) is 11.1 Å². The summed E-state index contributed by atoms with van der Waals surface area (Å²) in [5.74, 6) is 0. The summed E-state index contributed by atoms with van der Waals surface area (Å²) in [4.78, 5) is 30.1. The number of halogens is 2. The van der Waals surface area contributed by atoms with E-state index < -0.39 is 0 Å². The van der Waals surface area contributed by atoms with Crippen LogP contribution in [0.15, 0.2) is 58.1 Å². The molecule has 28 heavy (non-hydrogen) atoms. The van der Waals surface area contributed by atoms with Crippen LogP contribution in [-0.4, -0.2) is 9.38 Å². The molecule has 0 unspecified atom stereocenters. The summed E-state index contributed by atoms with van der Waals surface area (Å²) in [7, 11) is 0. The van der Waals surface area contributed by atoms with Crippen molar-refractivity contribution < 1.29 is 0 Å². The summed E-state index contributed by atoms with van der Waals surface area (Å²) >= 11 is 13.3. The fourth-order valence-electron chi connectivity index (χ4n) is 3.03. The van der Waals surface area contributed by atoms with E-state index in [2.05, 4.69) is 4.98 Å². The van der Waals surface area contributed by atoms with Crippen LogP contribution < -0.4 is 15.7 Å². The van der Waals surface area contributed by atoms with Crippen LogP contribution in [0.4, 0.5) is 0 Å². The molecule has 4 aromatic rings. The Morgan fingerprint density at radius 1 is 1.07 bits per heavy atom. The van der Waals surface area contributed by atoms with Gasteiger partial charge in [0.2, 0.25) is 4.96 Å². The molecule has 0 atom stereocenters. The van der Waals surface area contributed by atoms with Crippen LogP contribution in [0.1, 0.15) is 22.4 Å². The molecule has 2 heterocycles. The lowest BCUT2D eigenvalue weighted by atomic mass is 10.1. The summed E-state index contributed by atoms with van der Waals surface area (Å²) in [6.07, 6.45) is 2.10. The molecular weight excluding hydrogens is 415 g/mol. The van der Waals surface area contributed by atoms with Gasteiger partial charge in [-0.05, 0) is 42.3 Å². The van der Waals surface area contributed by atoms with Crippen molar-refractivity contribution in [3.8, 4) is 0 Å². The first-order valence-corrected chi connectivity index (χ1v) is 10.1. The van der Waals surface area contributed by atoms with Crippen molar-refractivity contribution in [2.75, 3.05) is 0 Å². The first kappa shape index (κ1) is 18.9. The highest BCUT2D eigenvalue weighted by Gasteiger charge is 2.15. The maximum absolute atomic E-state index is 13.0. The molecule has 4 rings (SSSR count). The minimum Gasteiger partial charge on any atom is -0.267 e. The third-order valence-corrected chi connectivity index (χ3v) is 6.12. The van der Waals surface area contributed by atoms with Crippen LogP contribution in [0.2, 0.25) is 10.0 Å². The van der Waals surface area contributed by atoms with Gasteiger partial charge in [0.1, 0.15) is 0 Å². The summed E-state index contributed by atoms with van der Waals surface area (Å²) in [6, 6.07) is 14.5. The molecular formula is C21H14Cl2N2O2S. The van der Waals surface area contributed by atoms with Gasteiger partial charge in [-0.15, -0.1) is 0 Å². The average Bonchev–Trinajstić information content (AvgIpc) is 2.97. The molecule has 0 spiro atoms. The first-order chi connectivity index (χ1) is 13.4. The number of hydrogen-bond donors (Lipinski definition) is 0. The first-order valence-electron chi connectivity index (χ1n) is 8.50. The van der Waals surface area contributed by atoms with Gasteiger partial charge in [0, 0.05) is 27.7 Å². The molecule has 0 aliphatic rings. The Kier molecular flexibility index (Phi) is 5.06. The van der Waals surface area contributed by atoms with Gasteiger partial charge in [-0.1, -0.05) is 64.9 Å². The Labute approximate surface area is 174 Å². The maximum atomic E-state index is 13.0. The second-order valence-electron chi connectivity index (χ2n) is 6.33. The predicted molar refractivity (Wildman–Crippen MR) is 115 cm³/mol. The molecule has 4 nitrogen and oxygen atoms in total. The fraction of sp³-hybridized carbons (Fsp3) is 0.0952. The lowest BCUT2D eigenvalue weighted by Crippen LogP contribution is -2.27. The monoisotopic (exact) mass is 428 g/mol. The second-order valence-corrected chi connectivity index (χ2v) is 8.19. The number of fused-ring (bicyclic) bond motifs is 1. The van der Waals surface area contributed by atoms with Gasteiger partial charge in [-0.3, -0.25) is 14.0 Å².